The van der Waals surface area contributed by atoms with Crippen LogP contribution in [0.4, 0.5) is 0 Å². The molecule has 4 heteroatoms. The smallest absolute Gasteiger partial charge is 0.155 e. The molecule has 1 fully saturated rings. The van der Waals surface area contributed by atoms with Gasteiger partial charge in [0.05, 0.1) is 5.52 Å². The van der Waals surface area contributed by atoms with E-state index in [4.69, 9.17) is 11.6 Å². The lowest BCUT2D eigenvalue weighted by Crippen LogP contribution is -2.20. The molecule has 1 aliphatic heterocycles. The molecule has 0 aliphatic carbocycles. The van der Waals surface area contributed by atoms with E-state index in [-0.39, 0.29) is 0 Å². The molecular weight excluding hydrogens is 234 g/mol. The van der Waals surface area contributed by atoms with Crippen molar-refractivity contribution in [3.05, 3.63) is 35.4 Å². The first-order valence-corrected chi connectivity index (χ1v) is 6.57. The van der Waals surface area contributed by atoms with Gasteiger partial charge in [0.1, 0.15) is 5.82 Å². The van der Waals surface area contributed by atoms with Gasteiger partial charge in [0, 0.05) is 18.7 Å². The van der Waals surface area contributed by atoms with Crippen LogP contribution < -0.4 is 5.32 Å². The Morgan fingerprint density at radius 2 is 2.29 bits per heavy atom. The molecule has 17 heavy (non-hydrogen) atoms. The van der Waals surface area contributed by atoms with Gasteiger partial charge in [-0.1, -0.05) is 24.1 Å². The third kappa shape index (κ3) is 2.05. The number of hydrogen-bond donors (Lipinski definition) is 1. The lowest BCUT2D eigenvalue weighted by atomic mass is 10.0. The van der Waals surface area contributed by atoms with Gasteiger partial charge in [-0.25, -0.2) is 4.98 Å². The van der Waals surface area contributed by atoms with Crippen LogP contribution in [0.5, 0.6) is 0 Å². The molecule has 3 rings (SSSR count). The van der Waals surface area contributed by atoms with Crippen molar-refractivity contribution >= 4 is 17.1 Å². The lowest BCUT2D eigenvalue weighted by Gasteiger charge is -2.12. The molecule has 1 atom stereocenters. The van der Waals surface area contributed by atoms with Gasteiger partial charge in [-0.15, -0.1) is 0 Å². The fourth-order valence-corrected chi connectivity index (χ4v) is 2.79. The van der Waals surface area contributed by atoms with Crippen LogP contribution in [0.1, 0.15) is 31.0 Å². The first-order valence-electron chi connectivity index (χ1n) is 6.19. The van der Waals surface area contributed by atoms with Crippen LogP contribution in [0.2, 0.25) is 5.15 Å². The molecule has 3 heterocycles. The van der Waals surface area contributed by atoms with Crippen molar-refractivity contribution in [3.8, 4) is 0 Å². The van der Waals surface area contributed by atoms with Crippen LogP contribution in [-0.2, 0) is 0 Å². The van der Waals surface area contributed by atoms with Crippen molar-refractivity contribution in [3.63, 3.8) is 0 Å². The molecule has 0 aromatic carbocycles. The summed E-state index contributed by atoms with van der Waals surface area (Å²) in [6.45, 7) is 2.12. The maximum Gasteiger partial charge on any atom is 0.155 e. The normalized spacial score (nSPS) is 21.6. The minimum absolute atomic E-state index is 0.472. The second-order valence-electron chi connectivity index (χ2n) is 4.61. The van der Waals surface area contributed by atoms with E-state index in [2.05, 4.69) is 20.9 Å². The number of rotatable bonds is 1. The number of nitrogens with zero attached hydrogens (tertiary/aromatic N) is 2. The molecule has 90 valence electrons. The molecule has 3 nitrogen and oxygen atoms in total. The highest BCUT2D eigenvalue weighted by atomic mass is 35.5. The van der Waals surface area contributed by atoms with Gasteiger partial charge in [-0.3, -0.25) is 0 Å². The van der Waals surface area contributed by atoms with Gasteiger partial charge in [0.2, 0.25) is 0 Å². The van der Waals surface area contributed by atoms with Crippen molar-refractivity contribution in [2.45, 2.75) is 25.2 Å². The Morgan fingerprint density at radius 1 is 1.35 bits per heavy atom. The Hall–Kier alpha value is -1.06. The van der Waals surface area contributed by atoms with Crippen molar-refractivity contribution in [2.24, 2.45) is 0 Å². The van der Waals surface area contributed by atoms with Crippen LogP contribution in [0.3, 0.4) is 0 Å². The molecule has 0 bridgehead atoms. The third-order valence-corrected chi connectivity index (χ3v) is 3.72. The Labute approximate surface area is 106 Å². The van der Waals surface area contributed by atoms with Crippen LogP contribution in [0, 0.1) is 0 Å². The van der Waals surface area contributed by atoms with E-state index in [1.54, 1.807) is 0 Å². The Kier molecular flexibility index (Phi) is 3.04. The molecule has 0 radical (unpaired) electrons. The zero-order chi connectivity index (χ0) is 11.7. The molecule has 1 aliphatic rings. The molecule has 0 saturated carbocycles. The fraction of sp³-hybridized carbons (Fsp3) is 0.462. The molecule has 0 amide bonds. The Morgan fingerprint density at radius 3 is 3.24 bits per heavy atom. The summed E-state index contributed by atoms with van der Waals surface area (Å²) in [6, 6.07) is 6.04. The second kappa shape index (κ2) is 4.67. The summed E-state index contributed by atoms with van der Waals surface area (Å²) >= 11 is 6.19. The third-order valence-electron chi connectivity index (χ3n) is 3.44. The summed E-state index contributed by atoms with van der Waals surface area (Å²) in [5.41, 5.74) is 1.01. The topological polar surface area (TPSA) is 29.3 Å². The summed E-state index contributed by atoms with van der Waals surface area (Å²) in [7, 11) is 0. The molecule has 1 N–H and O–H groups in total. The molecule has 0 spiro atoms. The van der Waals surface area contributed by atoms with E-state index in [0.29, 0.717) is 11.1 Å². The summed E-state index contributed by atoms with van der Waals surface area (Å²) in [5.74, 6) is 1.57. The van der Waals surface area contributed by atoms with Gasteiger partial charge in [-0.2, -0.15) is 0 Å². The molecule has 1 unspecified atom stereocenters. The number of nitrogens with one attached hydrogen (secondary N) is 1. The van der Waals surface area contributed by atoms with E-state index >= 15 is 0 Å². The molecule has 2 aromatic heterocycles. The van der Waals surface area contributed by atoms with Gasteiger partial charge >= 0.3 is 0 Å². The maximum absolute atomic E-state index is 6.19. The van der Waals surface area contributed by atoms with Gasteiger partial charge in [-0.05, 0) is 31.5 Å². The summed E-state index contributed by atoms with van der Waals surface area (Å²) in [6.07, 6.45) is 5.76. The number of hydrogen-bond acceptors (Lipinski definition) is 2. The van der Waals surface area contributed by atoms with E-state index in [0.717, 1.165) is 24.4 Å². The molecule has 1 saturated heterocycles. The first-order chi connectivity index (χ1) is 8.36. The quantitative estimate of drug-likeness (QED) is 0.842. The largest absolute Gasteiger partial charge is 0.316 e. The predicted molar refractivity (Wildman–Crippen MR) is 69.7 cm³/mol. The van der Waals surface area contributed by atoms with E-state index in [1.165, 1.54) is 19.3 Å². The van der Waals surface area contributed by atoms with Crippen molar-refractivity contribution in [1.82, 2.24) is 14.7 Å². The minimum Gasteiger partial charge on any atom is -0.316 e. The average Bonchev–Trinajstić information content (AvgIpc) is 2.57. The van der Waals surface area contributed by atoms with Gasteiger partial charge < -0.3 is 9.72 Å². The number of aromatic nitrogens is 2. The molecular formula is C13H16ClN3. The van der Waals surface area contributed by atoms with Crippen LogP contribution in [-0.4, -0.2) is 22.5 Å². The first kappa shape index (κ1) is 11.1. The van der Waals surface area contributed by atoms with Crippen molar-refractivity contribution < 1.29 is 0 Å². The highest BCUT2D eigenvalue weighted by Gasteiger charge is 2.20. The predicted octanol–water partition coefficient (Wildman–Crippen LogP) is 2.84. The number of pyridine rings is 1. The number of imidazole rings is 1. The summed E-state index contributed by atoms with van der Waals surface area (Å²) < 4.78 is 2.12. The van der Waals surface area contributed by atoms with Crippen molar-refractivity contribution in [2.75, 3.05) is 13.1 Å². The fourth-order valence-electron chi connectivity index (χ4n) is 2.55. The zero-order valence-electron chi connectivity index (χ0n) is 9.69. The summed E-state index contributed by atoms with van der Waals surface area (Å²) in [4.78, 5) is 4.54. The summed E-state index contributed by atoms with van der Waals surface area (Å²) in [5, 5.41) is 4.09. The minimum atomic E-state index is 0.472. The van der Waals surface area contributed by atoms with Crippen LogP contribution >= 0.6 is 11.6 Å². The average molecular weight is 250 g/mol. The molecule has 2 aromatic rings. The second-order valence-corrected chi connectivity index (χ2v) is 4.97. The van der Waals surface area contributed by atoms with Gasteiger partial charge in [0.15, 0.2) is 5.15 Å². The maximum atomic E-state index is 6.19. The SMILES string of the molecule is Clc1nc(C2CCCCNC2)n2ccccc12. The van der Waals surface area contributed by atoms with E-state index < -0.39 is 0 Å². The zero-order valence-corrected chi connectivity index (χ0v) is 10.5. The Bertz CT molecular complexity index is 512. The number of fused-ring (bicyclic) bond motifs is 1. The standard InChI is InChI=1S/C13H16ClN3/c14-12-11-6-2-4-8-17(11)13(16-12)10-5-1-3-7-15-9-10/h2,4,6,8,10,15H,1,3,5,7,9H2. The highest BCUT2D eigenvalue weighted by molar-refractivity contribution is 6.32. The lowest BCUT2D eigenvalue weighted by molar-refractivity contribution is 0.576. The van der Waals surface area contributed by atoms with E-state index in [9.17, 15) is 0 Å². The number of halogens is 1. The van der Waals surface area contributed by atoms with Crippen LogP contribution in [0.15, 0.2) is 24.4 Å². The van der Waals surface area contributed by atoms with Crippen molar-refractivity contribution in [1.29, 1.82) is 0 Å². The highest BCUT2D eigenvalue weighted by Crippen LogP contribution is 2.27. The van der Waals surface area contributed by atoms with E-state index in [1.807, 2.05) is 18.2 Å². The van der Waals surface area contributed by atoms with Crippen LogP contribution in [0.25, 0.3) is 5.52 Å². The monoisotopic (exact) mass is 249 g/mol. The van der Waals surface area contributed by atoms with Gasteiger partial charge in [0.25, 0.3) is 0 Å². The Balaban J connectivity index is 2.04.